The lowest BCUT2D eigenvalue weighted by molar-refractivity contribution is -0.113. The molecule has 0 aromatic heterocycles. The zero-order valence-electron chi connectivity index (χ0n) is 17.9. The third kappa shape index (κ3) is 6.36. The Bertz CT molecular complexity index is 1260. The van der Waals surface area contributed by atoms with Crippen molar-refractivity contribution < 1.29 is 34.1 Å². The van der Waals surface area contributed by atoms with E-state index >= 15 is 0 Å². The molecular weight excluding hydrogens is 460 g/mol. The molecule has 3 aromatic carbocycles. The van der Waals surface area contributed by atoms with Gasteiger partial charge in [0.15, 0.2) is 0 Å². The SMILES string of the molecule is COc1cccc(NC(=O)CSc2cccc(NC(=O)c3ccc(C(=O)O)cc3C(=O)O)c2)c1. The topological polar surface area (TPSA) is 142 Å². The molecule has 0 aliphatic rings. The van der Waals surface area contributed by atoms with E-state index in [1.54, 1.807) is 48.5 Å². The summed E-state index contributed by atoms with van der Waals surface area (Å²) < 4.78 is 5.13. The number of methoxy groups -OCH3 is 1. The number of anilines is 2. The van der Waals surface area contributed by atoms with Crippen LogP contribution >= 0.6 is 11.8 Å². The summed E-state index contributed by atoms with van der Waals surface area (Å²) in [6.07, 6.45) is 0. The standard InChI is InChI=1S/C24H20N2O7S/c1-33-17-6-2-4-15(11-17)25-21(27)13-34-18-7-3-5-16(12-18)26-22(28)19-9-8-14(23(29)30)10-20(19)24(31)32/h2-12H,13H2,1H3,(H,25,27)(H,26,28)(H,29,30)(H,31,32). The smallest absolute Gasteiger partial charge is 0.336 e. The van der Waals surface area contributed by atoms with E-state index in [9.17, 15) is 24.3 Å². The molecule has 2 amide bonds. The Balaban J connectivity index is 1.65. The number of carbonyl (C=O) groups is 4. The van der Waals surface area contributed by atoms with Crippen LogP contribution in [0.2, 0.25) is 0 Å². The predicted molar refractivity (Wildman–Crippen MR) is 127 cm³/mol. The van der Waals surface area contributed by atoms with Gasteiger partial charge in [0.2, 0.25) is 5.91 Å². The molecular formula is C24H20N2O7S. The number of rotatable bonds is 9. The molecule has 0 aliphatic carbocycles. The quantitative estimate of drug-likeness (QED) is 0.336. The van der Waals surface area contributed by atoms with Gasteiger partial charge in [0.1, 0.15) is 5.75 Å². The largest absolute Gasteiger partial charge is 0.497 e. The Morgan fingerprint density at radius 1 is 0.824 bits per heavy atom. The Morgan fingerprint density at radius 3 is 2.21 bits per heavy atom. The summed E-state index contributed by atoms with van der Waals surface area (Å²) in [7, 11) is 1.54. The van der Waals surface area contributed by atoms with E-state index in [-0.39, 0.29) is 22.8 Å². The number of carboxylic acid groups (broad SMARTS) is 2. The van der Waals surface area contributed by atoms with Crippen molar-refractivity contribution in [1.82, 2.24) is 0 Å². The number of hydrogen-bond acceptors (Lipinski definition) is 6. The molecule has 3 rings (SSSR count). The normalized spacial score (nSPS) is 10.3. The van der Waals surface area contributed by atoms with Crippen molar-refractivity contribution in [2.24, 2.45) is 0 Å². The summed E-state index contributed by atoms with van der Waals surface area (Å²) in [5, 5.41) is 23.8. The molecule has 34 heavy (non-hydrogen) atoms. The molecule has 10 heteroatoms. The molecule has 0 bridgehead atoms. The summed E-state index contributed by atoms with van der Waals surface area (Å²) in [5.41, 5.74) is 0.168. The van der Waals surface area contributed by atoms with E-state index in [2.05, 4.69) is 10.6 Å². The summed E-state index contributed by atoms with van der Waals surface area (Å²) >= 11 is 1.25. The first-order chi connectivity index (χ1) is 16.3. The molecule has 0 saturated carbocycles. The van der Waals surface area contributed by atoms with Gasteiger partial charge in [-0.25, -0.2) is 9.59 Å². The Labute approximate surface area is 198 Å². The minimum atomic E-state index is -1.42. The number of carboxylic acids is 2. The first kappa shape index (κ1) is 24.3. The summed E-state index contributed by atoms with van der Waals surface area (Å²) in [5.74, 6) is -2.90. The van der Waals surface area contributed by atoms with Crippen LogP contribution in [0.5, 0.6) is 5.75 Å². The van der Waals surface area contributed by atoms with Crippen LogP contribution in [0.15, 0.2) is 71.6 Å². The number of amides is 2. The average Bonchev–Trinajstić information content (AvgIpc) is 2.82. The van der Waals surface area contributed by atoms with Crippen molar-refractivity contribution in [2.45, 2.75) is 4.90 Å². The molecule has 9 nitrogen and oxygen atoms in total. The number of aromatic carboxylic acids is 2. The van der Waals surface area contributed by atoms with E-state index in [1.807, 2.05) is 0 Å². The maximum atomic E-state index is 12.7. The van der Waals surface area contributed by atoms with E-state index < -0.39 is 23.4 Å². The van der Waals surface area contributed by atoms with Crippen LogP contribution < -0.4 is 15.4 Å². The van der Waals surface area contributed by atoms with Gasteiger partial charge in [-0.05, 0) is 48.5 Å². The highest BCUT2D eigenvalue weighted by atomic mass is 32.2. The first-order valence-corrected chi connectivity index (χ1v) is 10.8. The van der Waals surface area contributed by atoms with E-state index in [4.69, 9.17) is 9.84 Å². The summed E-state index contributed by atoms with van der Waals surface area (Å²) in [6, 6.07) is 16.9. The van der Waals surface area contributed by atoms with Gasteiger partial charge in [0.25, 0.3) is 5.91 Å². The molecule has 0 heterocycles. The van der Waals surface area contributed by atoms with Crippen LogP contribution in [-0.4, -0.2) is 46.8 Å². The van der Waals surface area contributed by atoms with Crippen molar-refractivity contribution >= 4 is 46.9 Å². The van der Waals surface area contributed by atoms with Gasteiger partial charge in [-0.1, -0.05) is 12.1 Å². The Kier molecular flexibility index (Phi) is 7.88. The second-order valence-electron chi connectivity index (χ2n) is 6.92. The number of hydrogen-bond donors (Lipinski definition) is 4. The second-order valence-corrected chi connectivity index (χ2v) is 7.97. The van der Waals surface area contributed by atoms with Gasteiger partial charge in [-0.3, -0.25) is 9.59 Å². The van der Waals surface area contributed by atoms with Crippen molar-refractivity contribution in [2.75, 3.05) is 23.5 Å². The fraction of sp³-hybridized carbons (Fsp3) is 0.0833. The molecule has 0 aliphatic heterocycles. The molecule has 0 fully saturated rings. The molecule has 0 atom stereocenters. The first-order valence-electron chi connectivity index (χ1n) is 9.85. The average molecular weight is 480 g/mol. The summed E-state index contributed by atoms with van der Waals surface area (Å²) in [4.78, 5) is 48.2. The predicted octanol–water partition coefficient (Wildman–Crippen LogP) is 4.07. The number of ether oxygens (including phenoxy) is 1. The fourth-order valence-corrected chi connectivity index (χ4v) is 3.72. The third-order valence-corrected chi connectivity index (χ3v) is 5.55. The van der Waals surface area contributed by atoms with E-state index in [0.29, 0.717) is 22.0 Å². The maximum Gasteiger partial charge on any atom is 0.336 e. The van der Waals surface area contributed by atoms with Crippen LogP contribution in [0, 0.1) is 0 Å². The zero-order chi connectivity index (χ0) is 24.7. The molecule has 174 valence electrons. The second kappa shape index (κ2) is 11.0. The summed E-state index contributed by atoms with van der Waals surface area (Å²) in [6.45, 7) is 0. The van der Waals surface area contributed by atoms with Gasteiger partial charge < -0.3 is 25.6 Å². The van der Waals surface area contributed by atoms with Crippen molar-refractivity contribution in [3.05, 3.63) is 83.4 Å². The fourth-order valence-electron chi connectivity index (χ4n) is 2.96. The van der Waals surface area contributed by atoms with Gasteiger partial charge in [-0.15, -0.1) is 11.8 Å². The number of benzene rings is 3. The van der Waals surface area contributed by atoms with Crippen LogP contribution in [0.3, 0.4) is 0 Å². The van der Waals surface area contributed by atoms with E-state index in [0.717, 1.165) is 18.2 Å². The highest BCUT2D eigenvalue weighted by molar-refractivity contribution is 8.00. The minimum absolute atomic E-state index is 0.119. The van der Waals surface area contributed by atoms with Gasteiger partial charge >= 0.3 is 11.9 Å². The monoisotopic (exact) mass is 480 g/mol. The number of thioether (sulfide) groups is 1. The molecule has 0 spiro atoms. The molecule has 0 unspecified atom stereocenters. The van der Waals surface area contributed by atoms with Gasteiger partial charge in [-0.2, -0.15) is 0 Å². The van der Waals surface area contributed by atoms with E-state index in [1.165, 1.54) is 18.9 Å². The van der Waals surface area contributed by atoms with Crippen LogP contribution in [-0.2, 0) is 4.79 Å². The minimum Gasteiger partial charge on any atom is -0.497 e. The molecule has 3 aromatic rings. The highest BCUT2D eigenvalue weighted by Crippen LogP contribution is 2.24. The molecule has 0 radical (unpaired) electrons. The van der Waals surface area contributed by atoms with Gasteiger partial charge in [0.05, 0.1) is 29.6 Å². The lowest BCUT2D eigenvalue weighted by Gasteiger charge is -2.10. The van der Waals surface area contributed by atoms with Crippen molar-refractivity contribution in [3.8, 4) is 5.75 Å². The van der Waals surface area contributed by atoms with Crippen LogP contribution in [0.25, 0.3) is 0 Å². The molecule has 4 N–H and O–H groups in total. The highest BCUT2D eigenvalue weighted by Gasteiger charge is 2.19. The maximum absolute atomic E-state index is 12.7. The number of nitrogens with one attached hydrogen (secondary N) is 2. The van der Waals surface area contributed by atoms with Gasteiger partial charge in [0, 0.05) is 22.3 Å². The lowest BCUT2D eigenvalue weighted by atomic mass is 10.0. The third-order valence-electron chi connectivity index (χ3n) is 4.56. The lowest BCUT2D eigenvalue weighted by Crippen LogP contribution is -2.17. The molecule has 0 saturated heterocycles. The zero-order valence-corrected chi connectivity index (χ0v) is 18.7. The van der Waals surface area contributed by atoms with Crippen LogP contribution in [0.4, 0.5) is 11.4 Å². The Morgan fingerprint density at radius 2 is 1.53 bits per heavy atom. The van der Waals surface area contributed by atoms with Crippen molar-refractivity contribution in [3.63, 3.8) is 0 Å². The van der Waals surface area contributed by atoms with Crippen molar-refractivity contribution in [1.29, 1.82) is 0 Å². The number of carbonyl (C=O) groups excluding carboxylic acids is 2. The van der Waals surface area contributed by atoms with Crippen LogP contribution in [0.1, 0.15) is 31.1 Å². The Hall–Kier alpha value is -4.31.